The number of thiocarbonyl (C=S) groups is 1. The standard InChI is InChI=1S/C22H23FN4S/c1-2-3-14-27-21(20(25-22(27)28)18-7-4-5-13-24-18)19-8-6-15-26(19)17-11-9-16(23)10-12-17/h4-13,15,20-21H,2-3,14H2,1H3,(H,25,28). The highest BCUT2D eigenvalue weighted by Gasteiger charge is 2.40. The molecule has 1 aromatic carbocycles. The third-order valence-electron chi connectivity index (χ3n) is 5.14. The first kappa shape index (κ1) is 18.6. The van der Waals surface area contributed by atoms with E-state index in [0.717, 1.165) is 41.6 Å². The van der Waals surface area contributed by atoms with Crippen LogP contribution in [0.4, 0.5) is 4.39 Å². The van der Waals surface area contributed by atoms with Gasteiger partial charge in [-0.3, -0.25) is 4.98 Å². The van der Waals surface area contributed by atoms with Crippen LogP contribution in [0.2, 0.25) is 0 Å². The molecule has 2 unspecified atom stereocenters. The van der Waals surface area contributed by atoms with Gasteiger partial charge in [0.15, 0.2) is 5.11 Å². The van der Waals surface area contributed by atoms with Crippen molar-refractivity contribution in [1.29, 1.82) is 0 Å². The van der Waals surface area contributed by atoms with Crippen LogP contribution in [0.5, 0.6) is 0 Å². The molecule has 3 aromatic rings. The Morgan fingerprint density at radius 3 is 2.64 bits per heavy atom. The van der Waals surface area contributed by atoms with Crippen LogP contribution in [0.25, 0.3) is 5.69 Å². The van der Waals surface area contributed by atoms with E-state index >= 15 is 0 Å². The van der Waals surface area contributed by atoms with Gasteiger partial charge in [-0.25, -0.2) is 4.39 Å². The van der Waals surface area contributed by atoms with E-state index in [0.29, 0.717) is 0 Å². The number of pyridine rings is 1. The first-order valence-corrected chi connectivity index (χ1v) is 10.0. The smallest absolute Gasteiger partial charge is 0.170 e. The predicted octanol–water partition coefficient (Wildman–Crippen LogP) is 4.78. The molecule has 1 aliphatic heterocycles. The molecule has 0 saturated carbocycles. The van der Waals surface area contributed by atoms with Crippen molar-refractivity contribution >= 4 is 17.3 Å². The number of benzene rings is 1. The number of halogens is 1. The highest BCUT2D eigenvalue weighted by Crippen LogP contribution is 2.39. The molecule has 6 heteroatoms. The monoisotopic (exact) mass is 394 g/mol. The molecule has 144 valence electrons. The van der Waals surface area contributed by atoms with Crippen LogP contribution in [0.3, 0.4) is 0 Å². The quantitative estimate of drug-likeness (QED) is 0.610. The number of hydrogen-bond acceptors (Lipinski definition) is 2. The number of nitrogens with one attached hydrogen (secondary N) is 1. The van der Waals surface area contributed by atoms with Crippen molar-refractivity contribution in [2.75, 3.05) is 6.54 Å². The van der Waals surface area contributed by atoms with Gasteiger partial charge in [-0.2, -0.15) is 0 Å². The van der Waals surface area contributed by atoms with Crippen molar-refractivity contribution in [2.45, 2.75) is 31.8 Å². The Labute approximate surface area is 170 Å². The molecule has 4 nitrogen and oxygen atoms in total. The predicted molar refractivity (Wildman–Crippen MR) is 113 cm³/mol. The zero-order valence-corrected chi connectivity index (χ0v) is 16.6. The van der Waals surface area contributed by atoms with Crippen molar-refractivity contribution in [3.8, 4) is 5.69 Å². The van der Waals surface area contributed by atoms with Crippen LogP contribution in [0, 0.1) is 5.82 Å². The van der Waals surface area contributed by atoms with Gasteiger partial charge in [-0.1, -0.05) is 19.4 Å². The van der Waals surface area contributed by atoms with E-state index in [1.165, 1.54) is 12.1 Å². The minimum atomic E-state index is -0.239. The number of hydrogen-bond donors (Lipinski definition) is 1. The summed E-state index contributed by atoms with van der Waals surface area (Å²) in [4.78, 5) is 6.83. The summed E-state index contributed by atoms with van der Waals surface area (Å²) in [6, 6.07) is 16.6. The topological polar surface area (TPSA) is 33.1 Å². The van der Waals surface area contributed by atoms with Crippen molar-refractivity contribution in [3.63, 3.8) is 0 Å². The van der Waals surface area contributed by atoms with Crippen LogP contribution >= 0.6 is 12.2 Å². The summed E-state index contributed by atoms with van der Waals surface area (Å²) < 4.78 is 15.5. The molecule has 2 atom stereocenters. The summed E-state index contributed by atoms with van der Waals surface area (Å²) in [5, 5.41) is 4.23. The molecule has 4 rings (SSSR count). The molecule has 28 heavy (non-hydrogen) atoms. The highest BCUT2D eigenvalue weighted by molar-refractivity contribution is 7.80. The fourth-order valence-corrected chi connectivity index (χ4v) is 4.10. The van der Waals surface area contributed by atoms with Gasteiger partial charge in [0.2, 0.25) is 0 Å². The zero-order valence-electron chi connectivity index (χ0n) is 15.8. The number of rotatable bonds is 6. The second kappa shape index (κ2) is 8.10. The first-order valence-electron chi connectivity index (χ1n) is 9.60. The van der Waals surface area contributed by atoms with Crippen molar-refractivity contribution in [2.24, 2.45) is 0 Å². The second-order valence-electron chi connectivity index (χ2n) is 6.95. The van der Waals surface area contributed by atoms with Crippen molar-refractivity contribution in [3.05, 3.63) is 84.2 Å². The molecular weight excluding hydrogens is 371 g/mol. The largest absolute Gasteiger partial charge is 0.352 e. The summed E-state index contributed by atoms with van der Waals surface area (Å²) in [6.07, 6.45) is 5.98. The van der Waals surface area contributed by atoms with Gasteiger partial charge in [0, 0.05) is 30.3 Å². The van der Waals surface area contributed by atoms with E-state index in [1.54, 1.807) is 12.1 Å². The highest BCUT2D eigenvalue weighted by atomic mass is 32.1. The van der Waals surface area contributed by atoms with E-state index in [1.807, 2.05) is 36.7 Å². The Kier molecular flexibility index (Phi) is 5.39. The molecule has 1 saturated heterocycles. The van der Waals surface area contributed by atoms with E-state index in [-0.39, 0.29) is 17.9 Å². The Hall–Kier alpha value is -2.73. The molecule has 1 N–H and O–H groups in total. The second-order valence-corrected chi connectivity index (χ2v) is 7.34. The van der Waals surface area contributed by atoms with Crippen LogP contribution in [-0.4, -0.2) is 26.1 Å². The summed E-state index contributed by atoms with van der Waals surface area (Å²) in [7, 11) is 0. The number of aromatic nitrogens is 2. The van der Waals surface area contributed by atoms with Crippen LogP contribution in [0.1, 0.15) is 43.2 Å². The minimum Gasteiger partial charge on any atom is -0.352 e. The van der Waals surface area contributed by atoms with Gasteiger partial charge in [-0.15, -0.1) is 0 Å². The maximum Gasteiger partial charge on any atom is 0.170 e. The fraction of sp³-hybridized carbons (Fsp3) is 0.273. The van der Waals surface area contributed by atoms with Crippen molar-refractivity contribution < 1.29 is 4.39 Å². The van der Waals surface area contributed by atoms with E-state index in [2.05, 4.69) is 32.8 Å². The van der Waals surface area contributed by atoms with Gasteiger partial charge in [0.25, 0.3) is 0 Å². The third-order valence-corrected chi connectivity index (χ3v) is 5.49. The Bertz CT molecular complexity index is 939. The molecule has 1 fully saturated rings. The first-order chi connectivity index (χ1) is 13.7. The van der Waals surface area contributed by atoms with E-state index < -0.39 is 0 Å². The van der Waals surface area contributed by atoms with Gasteiger partial charge in [-0.05, 0) is 67.2 Å². The van der Waals surface area contributed by atoms with E-state index in [4.69, 9.17) is 12.2 Å². The molecule has 2 aromatic heterocycles. The SMILES string of the molecule is CCCCN1C(=S)NC(c2ccccn2)C1c1cccn1-c1ccc(F)cc1. The Morgan fingerprint density at radius 2 is 1.93 bits per heavy atom. The van der Waals surface area contributed by atoms with Gasteiger partial charge < -0.3 is 14.8 Å². The summed E-state index contributed by atoms with van der Waals surface area (Å²) in [6.45, 7) is 3.06. The lowest BCUT2D eigenvalue weighted by Gasteiger charge is -2.29. The van der Waals surface area contributed by atoms with E-state index in [9.17, 15) is 4.39 Å². The Balaban J connectivity index is 1.78. The molecule has 0 radical (unpaired) electrons. The summed E-state index contributed by atoms with van der Waals surface area (Å²) >= 11 is 5.69. The molecule has 1 aliphatic rings. The Morgan fingerprint density at radius 1 is 1.11 bits per heavy atom. The zero-order chi connectivity index (χ0) is 19.5. The lowest BCUT2D eigenvalue weighted by molar-refractivity contribution is 0.304. The van der Waals surface area contributed by atoms with Crippen LogP contribution in [0.15, 0.2) is 67.0 Å². The van der Waals surface area contributed by atoms with Gasteiger partial charge in [0.05, 0.1) is 17.8 Å². The van der Waals surface area contributed by atoms with Gasteiger partial charge in [0.1, 0.15) is 5.82 Å². The lowest BCUT2D eigenvalue weighted by atomic mass is 10.0. The minimum absolute atomic E-state index is 0.00834. The summed E-state index contributed by atoms with van der Waals surface area (Å²) in [5.74, 6) is -0.239. The maximum absolute atomic E-state index is 13.4. The molecule has 0 amide bonds. The number of nitrogens with zero attached hydrogens (tertiary/aromatic N) is 3. The molecule has 0 bridgehead atoms. The number of unbranched alkanes of at least 4 members (excludes halogenated alkanes) is 1. The van der Waals surface area contributed by atoms with Crippen LogP contribution in [-0.2, 0) is 0 Å². The third kappa shape index (κ3) is 3.52. The summed E-state index contributed by atoms with van der Waals surface area (Å²) in [5.41, 5.74) is 2.99. The van der Waals surface area contributed by atoms with Crippen LogP contribution < -0.4 is 5.32 Å². The molecule has 3 heterocycles. The molecule has 0 spiro atoms. The van der Waals surface area contributed by atoms with Gasteiger partial charge >= 0.3 is 0 Å². The lowest BCUT2D eigenvalue weighted by Crippen LogP contribution is -2.31. The average molecular weight is 395 g/mol. The average Bonchev–Trinajstić information content (AvgIpc) is 3.32. The normalized spacial score (nSPS) is 19.1. The fourth-order valence-electron chi connectivity index (χ4n) is 3.77. The van der Waals surface area contributed by atoms with Crippen molar-refractivity contribution in [1.82, 2.24) is 19.8 Å². The molecular formula is C22H23FN4S. The maximum atomic E-state index is 13.4. The molecule has 0 aliphatic carbocycles.